The van der Waals surface area contributed by atoms with Crippen molar-refractivity contribution in [1.82, 2.24) is 15.5 Å². The van der Waals surface area contributed by atoms with Crippen LogP contribution in [0.3, 0.4) is 0 Å². The third-order valence-corrected chi connectivity index (χ3v) is 1.58. The molecule has 0 unspecified atom stereocenters. The molecule has 0 bridgehead atoms. The van der Waals surface area contributed by atoms with Crippen LogP contribution in [0.5, 0.6) is 0 Å². The van der Waals surface area contributed by atoms with Crippen LogP contribution in [0.4, 0.5) is 0 Å². The van der Waals surface area contributed by atoms with Gasteiger partial charge in [-0.15, -0.1) is 10.2 Å². The molecule has 0 fully saturated rings. The summed E-state index contributed by atoms with van der Waals surface area (Å²) in [6.07, 6.45) is 2.87. The Morgan fingerprint density at radius 3 is 2.77 bits per heavy atom. The maximum Gasteiger partial charge on any atom is 0.151 e. The van der Waals surface area contributed by atoms with Crippen LogP contribution in [0.15, 0.2) is 18.3 Å². The van der Waals surface area contributed by atoms with E-state index in [0.717, 1.165) is 0 Å². The fourth-order valence-corrected chi connectivity index (χ4v) is 0.916. The number of hydrogen-bond donors (Lipinski definition) is 2. The lowest BCUT2D eigenvalue weighted by atomic mass is 10.2. The zero-order valence-electron chi connectivity index (χ0n) is 7.08. The van der Waals surface area contributed by atoms with Crippen molar-refractivity contribution in [2.45, 2.75) is 0 Å². The van der Waals surface area contributed by atoms with E-state index in [1.165, 1.54) is 6.21 Å². The van der Waals surface area contributed by atoms with Crippen molar-refractivity contribution in [2.24, 2.45) is 0 Å². The fraction of sp³-hybridized carbons (Fsp3) is 0.125. The Bertz CT molecular complexity index is 317. The second kappa shape index (κ2) is 4.57. The van der Waals surface area contributed by atoms with Crippen molar-refractivity contribution in [2.75, 3.05) is 7.05 Å². The van der Waals surface area contributed by atoms with Gasteiger partial charge >= 0.3 is 0 Å². The van der Waals surface area contributed by atoms with Gasteiger partial charge in [0.25, 0.3) is 0 Å². The van der Waals surface area contributed by atoms with Gasteiger partial charge in [0.2, 0.25) is 0 Å². The summed E-state index contributed by atoms with van der Waals surface area (Å²) in [6.45, 7) is 0. The SMILES string of the molecule is CN/C=C(\C=N)c1ccc(Cl)nn1. The summed E-state index contributed by atoms with van der Waals surface area (Å²) in [7, 11) is 1.76. The molecule has 0 aromatic carbocycles. The second-order valence-electron chi connectivity index (χ2n) is 2.27. The average Bonchev–Trinajstić information content (AvgIpc) is 2.16. The van der Waals surface area contributed by atoms with E-state index in [-0.39, 0.29) is 0 Å². The zero-order valence-corrected chi connectivity index (χ0v) is 7.84. The zero-order chi connectivity index (χ0) is 9.68. The Morgan fingerprint density at radius 2 is 2.31 bits per heavy atom. The quantitative estimate of drug-likeness (QED) is 0.718. The molecule has 1 aromatic heterocycles. The number of allylic oxidation sites excluding steroid dienone is 1. The molecule has 0 amide bonds. The van der Waals surface area contributed by atoms with Gasteiger partial charge in [-0.2, -0.15) is 0 Å². The van der Waals surface area contributed by atoms with Gasteiger partial charge in [-0.3, -0.25) is 0 Å². The summed E-state index contributed by atoms with van der Waals surface area (Å²) in [4.78, 5) is 0. The molecule has 1 aromatic rings. The minimum Gasteiger partial charge on any atom is -0.393 e. The lowest BCUT2D eigenvalue weighted by Crippen LogP contribution is -1.99. The topological polar surface area (TPSA) is 61.7 Å². The van der Waals surface area contributed by atoms with E-state index in [2.05, 4.69) is 15.5 Å². The summed E-state index contributed by atoms with van der Waals surface area (Å²) in [5.41, 5.74) is 1.28. The van der Waals surface area contributed by atoms with Gasteiger partial charge in [-0.05, 0) is 12.1 Å². The van der Waals surface area contributed by atoms with Crippen LogP contribution in [-0.2, 0) is 0 Å². The minimum atomic E-state index is 0.345. The van der Waals surface area contributed by atoms with Crippen LogP contribution < -0.4 is 5.32 Å². The average molecular weight is 197 g/mol. The lowest BCUT2D eigenvalue weighted by Gasteiger charge is -1.98. The van der Waals surface area contributed by atoms with Gasteiger partial charge in [0.1, 0.15) is 0 Å². The first-order chi connectivity index (χ1) is 6.27. The van der Waals surface area contributed by atoms with Crippen LogP contribution in [0.1, 0.15) is 5.69 Å². The van der Waals surface area contributed by atoms with Gasteiger partial charge in [-0.25, -0.2) is 0 Å². The maximum atomic E-state index is 7.12. The summed E-state index contributed by atoms with van der Waals surface area (Å²) in [6, 6.07) is 3.35. The van der Waals surface area contributed by atoms with E-state index < -0.39 is 0 Å². The molecule has 0 aliphatic heterocycles. The number of hydrogen-bond acceptors (Lipinski definition) is 4. The summed E-state index contributed by atoms with van der Waals surface area (Å²) in [5, 5.41) is 17.8. The number of nitrogens with one attached hydrogen (secondary N) is 2. The first-order valence-corrected chi connectivity index (χ1v) is 4.03. The Morgan fingerprint density at radius 1 is 1.54 bits per heavy atom. The molecular weight excluding hydrogens is 188 g/mol. The van der Waals surface area contributed by atoms with Gasteiger partial charge in [-0.1, -0.05) is 11.6 Å². The van der Waals surface area contributed by atoms with Crippen molar-refractivity contribution < 1.29 is 0 Å². The standard InChI is InChI=1S/C8H9ClN4/c1-11-5-6(4-10)7-2-3-8(9)13-12-7/h2-5,10-11H,1H3/b6-5+,10-4?. The first-order valence-electron chi connectivity index (χ1n) is 3.65. The highest BCUT2D eigenvalue weighted by atomic mass is 35.5. The van der Waals surface area contributed by atoms with Crippen molar-refractivity contribution in [1.29, 1.82) is 5.41 Å². The van der Waals surface area contributed by atoms with E-state index in [1.807, 2.05) is 0 Å². The van der Waals surface area contributed by atoms with E-state index in [4.69, 9.17) is 17.0 Å². The van der Waals surface area contributed by atoms with E-state index in [1.54, 1.807) is 25.4 Å². The molecule has 0 radical (unpaired) electrons. The molecule has 5 heteroatoms. The van der Waals surface area contributed by atoms with E-state index in [9.17, 15) is 0 Å². The van der Waals surface area contributed by atoms with E-state index in [0.29, 0.717) is 16.4 Å². The van der Waals surface area contributed by atoms with Gasteiger partial charge < -0.3 is 10.7 Å². The van der Waals surface area contributed by atoms with Crippen LogP contribution in [0, 0.1) is 5.41 Å². The normalized spacial score (nSPS) is 11.1. The molecular formula is C8H9ClN4. The Kier molecular flexibility index (Phi) is 3.40. The van der Waals surface area contributed by atoms with Crippen LogP contribution >= 0.6 is 11.6 Å². The summed E-state index contributed by atoms with van der Waals surface area (Å²) >= 11 is 5.57. The third kappa shape index (κ3) is 2.52. The highest BCUT2D eigenvalue weighted by Gasteiger charge is 1.99. The number of nitrogens with zero attached hydrogens (tertiary/aromatic N) is 2. The number of halogens is 1. The summed E-state index contributed by atoms with van der Waals surface area (Å²) < 4.78 is 0. The van der Waals surface area contributed by atoms with Gasteiger partial charge in [0.15, 0.2) is 5.15 Å². The monoisotopic (exact) mass is 196 g/mol. The van der Waals surface area contributed by atoms with Gasteiger partial charge in [0.05, 0.1) is 5.69 Å². The Hall–Kier alpha value is -1.42. The first kappa shape index (κ1) is 9.67. The van der Waals surface area contributed by atoms with Crippen molar-refractivity contribution in [3.63, 3.8) is 0 Å². The van der Waals surface area contributed by atoms with Crippen LogP contribution in [-0.4, -0.2) is 23.5 Å². The van der Waals surface area contributed by atoms with Crippen molar-refractivity contribution in [3.05, 3.63) is 29.2 Å². The molecule has 2 N–H and O–H groups in total. The molecule has 0 aliphatic carbocycles. The van der Waals surface area contributed by atoms with Crippen LogP contribution in [0.25, 0.3) is 5.57 Å². The van der Waals surface area contributed by atoms with Gasteiger partial charge in [0, 0.05) is 25.0 Å². The molecule has 68 valence electrons. The summed E-state index contributed by atoms with van der Waals surface area (Å²) in [5.74, 6) is 0. The molecule has 0 saturated heterocycles. The highest BCUT2D eigenvalue weighted by molar-refractivity contribution is 6.29. The largest absolute Gasteiger partial charge is 0.393 e. The van der Waals surface area contributed by atoms with E-state index >= 15 is 0 Å². The van der Waals surface area contributed by atoms with Crippen molar-refractivity contribution >= 4 is 23.4 Å². The Balaban J connectivity index is 2.99. The van der Waals surface area contributed by atoms with Crippen molar-refractivity contribution in [3.8, 4) is 0 Å². The molecule has 0 spiro atoms. The Labute approximate surface area is 81.1 Å². The number of rotatable bonds is 3. The predicted octanol–water partition coefficient (Wildman–Crippen LogP) is 1.34. The second-order valence-corrected chi connectivity index (χ2v) is 2.66. The molecule has 0 atom stereocenters. The molecule has 0 aliphatic rings. The molecule has 4 nitrogen and oxygen atoms in total. The molecule has 0 saturated carbocycles. The third-order valence-electron chi connectivity index (χ3n) is 1.38. The lowest BCUT2D eigenvalue weighted by molar-refractivity contribution is 1.01. The van der Waals surface area contributed by atoms with Crippen LogP contribution in [0.2, 0.25) is 5.15 Å². The number of aromatic nitrogens is 2. The fourth-order valence-electron chi connectivity index (χ4n) is 0.815. The predicted molar refractivity (Wildman–Crippen MR) is 52.9 cm³/mol. The highest BCUT2D eigenvalue weighted by Crippen LogP contribution is 2.09. The maximum absolute atomic E-state index is 7.12. The molecule has 1 rings (SSSR count). The molecule has 1 heterocycles. The smallest absolute Gasteiger partial charge is 0.151 e. The minimum absolute atomic E-state index is 0.345. The molecule has 13 heavy (non-hydrogen) atoms.